The molecule has 3 aromatic rings. The third-order valence-corrected chi connectivity index (χ3v) is 5.80. The van der Waals surface area contributed by atoms with Gasteiger partial charge >= 0.3 is 19.0 Å². The molecule has 2 aromatic carbocycles. The number of fused-ring (bicyclic) bond motifs is 1. The third-order valence-electron chi connectivity index (χ3n) is 5.80. The molecule has 1 amide bonds. The first-order valence-electron chi connectivity index (χ1n) is 10.7. The van der Waals surface area contributed by atoms with E-state index >= 15 is 0 Å². The fraction of sp³-hybridized carbons (Fsp3) is 0.333. The lowest BCUT2D eigenvalue weighted by Crippen LogP contribution is -2.51. The molecule has 0 aliphatic rings. The Balaban J connectivity index is 2.11. The van der Waals surface area contributed by atoms with Crippen LogP contribution in [0.15, 0.2) is 48.7 Å². The maximum Gasteiger partial charge on any atom is 0.423 e. The van der Waals surface area contributed by atoms with Gasteiger partial charge in [0.25, 0.3) is 5.91 Å². The molecule has 4 nitrogen and oxygen atoms in total. The van der Waals surface area contributed by atoms with Crippen molar-refractivity contribution in [3.8, 4) is 5.75 Å². The zero-order valence-corrected chi connectivity index (χ0v) is 19.2. The van der Waals surface area contributed by atoms with Crippen LogP contribution in [-0.4, -0.2) is 30.5 Å². The van der Waals surface area contributed by atoms with Crippen molar-refractivity contribution >= 4 is 22.5 Å². The Labute approximate surface area is 204 Å². The number of carbonyl (C=O) groups is 1. The van der Waals surface area contributed by atoms with Crippen LogP contribution in [0.4, 0.5) is 45.2 Å². The Morgan fingerprint density at radius 2 is 1.70 bits per heavy atom. The fourth-order valence-electron chi connectivity index (χ4n) is 4.03. The van der Waals surface area contributed by atoms with Crippen molar-refractivity contribution in [2.45, 2.75) is 50.8 Å². The monoisotopic (exact) mass is 539 g/mol. The molecule has 0 saturated carbocycles. The maximum atomic E-state index is 15.0. The van der Waals surface area contributed by atoms with Crippen molar-refractivity contribution in [3.63, 3.8) is 0 Å². The van der Waals surface area contributed by atoms with E-state index in [1.54, 1.807) is 24.4 Å². The summed E-state index contributed by atoms with van der Waals surface area (Å²) in [6, 6.07) is 8.49. The summed E-state index contributed by atoms with van der Waals surface area (Å²) in [4.78, 5) is 15.7. The fourth-order valence-corrected chi connectivity index (χ4v) is 4.03. The molecule has 0 spiro atoms. The van der Waals surface area contributed by atoms with E-state index in [1.807, 2.05) is 0 Å². The van der Waals surface area contributed by atoms with Crippen LogP contribution in [0.3, 0.4) is 0 Å². The lowest BCUT2D eigenvalue weighted by Gasteiger charge is -2.36. The van der Waals surface area contributed by atoms with Crippen molar-refractivity contribution in [3.05, 3.63) is 65.4 Å². The SMILES string of the molecule is CCC(F)(C(c1cc(C)c(NC(=O)c2ccc3[nH+]cccc3c2)c(OC(F)F)c1)C(F)(F)F)C(F)(F)F. The zero-order chi connectivity index (χ0) is 27.8. The van der Waals surface area contributed by atoms with Gasteiger partial charge in [-0.25, -0.2) is 9.37 Å². The first-order valence-corrected chi connectivity index (χ1v) is 10.7. The molecule has 0 radical (unpaired) electrons. The molecule has 37 heavy (non-hydrogen) atoms. The van der Waals surface area contributed by atoms with Gasteiger partial charge in [-0.1, -0.05) is 13.0 Å². The van der Waals surface area contributed by atoms with Gasteiger partial charge in [-0.15, -0.1) is 0 Å². The van der Waals surface area contributed by atoms with E-state index < -0.39 is 59.9 Å². The Kier molecular flexibility index (Phi) is 7.66. The number of hydrogen-bond donors (Lipinski definition) is 1. The highest BCUT2D eigenvalue weighted by Crippen LogP contribution is 2.54. The molecule has 200 valence electrons. The van der Waals surface area contributed by atoms with E-state index in [4.69, 9.17) is 0 Å². The lowest BCUT2D eigenvalue weighted by atomic mass is 9.79. The van der Waals surface area contributed by atoms with Crippen LogP contribution in [0.2, 0.25) is 0 Å². The van der Waals surface area contributed by atoms with Gasteiger partial charge in [0, 0.05) is 23.1 Å². The number of carbonyl (C=O) groups excluding carboxylic acids is 1. The molecular weight excluding hydrogens is 519 g/mol. The number of nitrogens with one attached hydrogen (secondary N) is 2. The molecule has 0 bridgehead atoms. The second kappa shape index (κ2) is 10.1. The molecule has 0 aliphatic heterocycles. The highest BCUT2D eigenvalue weighted by molar-refractivity contribution is 6.07. The van der Waals surface area contributed by atoms with Crippen LogP contribution < -0.4 is 15.0 Å². The predicted molar refractivity (Wildman–Crippen MR) is 115 cm³/mol. The number of amides is 1. The quantitative estimate of drug-likeness (QED) is 0.325. The summed E-state index contributed by atoms with van der Waals surface area (Å²) in [6.45, 7) is -1.97. The summed E-state index contributed by atoms with van der Waals surface area (Å²) in [5, 5.41) is 2.85. The standard InChI is InChI=1S/C24H19F9N2O2/c1-3-22(27,24(31,32)33)19(23(28,29)30)15-9-12(2)18(17(11-15)37-21(25)26)35-20(36)14-6-7-16-13(10-14)5-4-8-34-16/h4-11,19,21H,3H2,1-2H3,(H,35,36)/p+1. The van der Waals surface area contributed by atoms with E-state index in [0.717, 1.165) is 6.92 Å². The Bertz CT molecular complexity index is 1290. The number of rotatable bonds is 7. The van der Waals surface area contributed by atoms with Crippen molar-refractivity contribution in [2.24, 2.45) is 0 Å². The Hall–Kier alpha value is -3.51. The van der Waals surface area contributed by atoms with Crippen LogP contribution in [0.1, 0.15) is 40.7 Å². The van der Waals surface area contributed by atoms with E-state index in [1.165, 1.54) is 12.1 Å². The first kappa shape index (κ1) is 28.1. The molecule has 0 fully saturated rings. The summed E-state index contributed by atoms with van der Waals surface area (Å²) < 4.78 is 127. The third kappa shape index (κ3) is 5.75. The molecule has 1 aromatic heterocycles. The minimum Gasteiger partial charge on any atom is -0.433 e. The van der Waals surface area contributed by atoms with Gasteiger partial charge in [0.05, 0.1) is 5.69 Å². The van der Waals surface area contributed by atoms with Gasteiger partial charge in [-0.2, -0.15) is 35.1 Å². The minimum absolute atomic E-state index is 0.0394. The minimum atomic E-state index is -5.93. The summed E-state index contributed by atoms with van der Waals surface area (Å²) in [7, 11) is 0. The molecule has 2 atom stereocenters. The van der Waals surface area contributed by atoms with Gasteiger partial charge in [0.2, 0.25) is 11.2 Å². The smallest absolute Gasteiger partial charge is 0.423 e. The van der Waals surface area contributed by atoms with Gasteiger partial charge in [0.1, 0.15) is 11.7 Å². The Morgan fingerprint density at radius 3 is 2.27 bits per heavy atom. The second-order valence-electron chi connectivity index (χ2n) is 8.20. The van der Waals surface area contributed by atoms with E-state index in [9.17, 15) is 44.3 Å². The number of benzene rings is 2. The summed E-state index contributed by atoms with van der Waals surface area (Å²) in [5.41, 5.74) is -6.21. The number of halogens is 9. The number of anilines is 1. The van der Waals surface area contributed by atoms with Crippen LogP contribution in [0.25, 0.3) is 10.9 Å². The number of alkyl halides is 9. The zero-order valence-electron chi connectivity index (χ0n) is 19.2. The van der Waals surface area contributed by atoms with Crippen LogP contribution in [0, 0.1) is 6.92 Å². The number of hydrogen-bond acceptors (Lipinski definition) is 2. The molecule has 0 saturated heterocycles. The van der Waals surface area contributed by atoms with E-state index in [2.05, 4.69) is 15.0 Å². The van der Waals surface area contributed by atoms with Crippen LogP contribution in [-0.2, 0) is 0 Å². The molecule has 3 rings (SSSR count). The largest absolute Gasteiger partial charge is 0.433 e. The number of aryl methyl sites for hydroxylation is 1. The van der Waals surface area contributed by atoms with Crippen molar-refractivity contribution in [1.82, 2.24) is 0 Å². The molecule has 2 N–H and O–H groups in total. The summed E-state index contributed by atoms with van der Waals surface area (Å²) >= 11 is 0. The molecule has 13 heteroatoms. The number of pyridine rings is 1. The van der Waals surface area contributed by atoms with Crippen LogP contribution >= 0.6 is 0 Å². The van der Waals surface area contributed by atoms with Crippen LogP contribution in [0.5, 0.6) is 5.75 Å². The highest BCUT2D eigenvalue weighted by atomic mass is 19.4. The second-order valence-corrected chi connectivity index (χ2v) is 8.20. The van der Waals surface area contributed by atoms with Gasteiger partial charge in [-0.05, 0) is 48.7 Å². The molecule has 2 unspecified atom stereocenters. The van der Waals surface area contributed by atoms with Gasteiger partial charge < -0.3 is 10.1 Å². The molecule has 0 aliphatic carbocycles. The average Bonchev–Trinajstić information content (AvgIpc) is 2.78. The number of aromatic amines is 1. The van der Waals surface area contributed by atoms with E-state index in [-0.39, 0.29) is 17.2 Å². The number of H-pyrrole nitrogens is 1. The van der Waals surface area contributed by atoms with Crippen molar-refractivity contribution in [1.29, 1.82) is 0 Å². The molecule has 1 heterocycles. The maximum absolute atomic E-state index is 15.0. The average molecular weight is 539 g/mol. The molecular formula is C24H20F9N2O2+. The summed E-state index contributed by atoms with van der Waals surface area (Å²) in [6.07, 6.45) is -11.6. The van der Waals surface area contributed by atoms with Crippen molar-refractivity contribution in [2.75, 3.05) is 5.32 Å². The topological polar surface area (TPSA) is 52.5 Å². The number of ether oxygens (including phenoxy) is 1. The van der Waals surface area contributed by atoms with Gasteiger partial charge in [0.15, 0.2) is 6.20 Å². The predicted octanol–water partition coefficient (Wildman–Crippen LogP) is 7.14. The van der Waals surface area contributed by atoms with E-state index in [0.29, 0.717) is 23.9 Å². The number of aromatic nitrogens is 1. The Morgan fingerprint density at radius 1 is 1.03 bits per heavy atom. The first-order chi connectivity index (χ1) is 17.1. The lowest BCUT2D eigenvalue weighted by molar-refractivity contribution is -0.344. The normalized spacial score (nSPS) is 14.9. The summed E-state index contributed by atoms with van der Waals surface area (Å²) in [5.74, 6) is -5.66. The van der Waals surface area contributed by atoms with Crippen molar-refractivity contribution < 1.29 is 54.0 Å². The van der Waals surface area contributed by atoms with Gasteiger partial charge in [-0.3, -0.25) is 4.79 Å². The highest BCUT2D eigenvalue weighted by Gasteiger charge is 2.67.